The fraction of sp³-hybridized carbons (Fsp3) is 0.900. The number of carbonyl (C=O) groups excluding carboxylic acids is 2. The van der Waals surface area contributed by atoms with E-state index in [2.05, 4.69) is 13.8 Å². The van der Waals surface area contributed by atoms with E-state index in [1.807, 2.05) is 0 Å². The average Bonchev–Trinajstić information content (AvgIpc) is 3.06. The Labute approximate surface area is 293 Å². The van der Waals surface area contributed by atoms with Gasteiger partial charge in [0.05, 0.1) is 0 Å². The summed E-state index contributed by atoms with van der Waals surface area (Å²) in [5.41, 5.74) is 0. The summed E-state index contributed by atoms with van der Waals surface area (Å²) in [6.45, 7) is 4.49. The molecule has 0 heterocycles. The molecule has 0 aliphatic rings. The zero-order valence-electron chi connectivity index (χ0n) is 31.1. The Morgan fingerprint density at radius 2 is 0.542 bits per heavy atom. The first-order valence-corrected chi connectivity index (χ1v) is 20.2. The van der Waals surface area contributed by atoms with Crippen LogP contribution in [0, 0.1) is 0 Å². The molecule has 282 valence electrons. The molecule has 8 heteroatoms. The van der Waals surface area contributed by atoms with Crippen molar-refractivity contribution in [2.45, 2.75) is 232 Å². The zero-order valence-corrected chi connectivity index (χ0v) is 31.1. The topological polar surface area (TPSA) is 127 Å². The van der Waals surface area contributed by atoms with Crippen molar-refractivity contribution in [3.05, 3.63) is 0 Å². The normalized spacial score (nSPS) is 12.5. The number of unbranched alkanes of at least 4 members (excludes halogenated alkanes) is 28. The first kappa shape index (κ1) is 45.9. The molecular weight excluding hydrogens is 608 g/mol. The Morgan fingerprint density at radius 1 is 0.354 bits per heavy atom. The van der Waals surface area contributed by atoms with Crippen LogP contribution in [0.1, 0.15) is 219 Å². The SMILES string of the molecule is CCCCCCCCCCCCCCCCCC(=O)OC(C(=O)O)C(OC(=O)CCCCCCCCCCCCCCCCC)C(=O)O. The second-order valence-electron chi connectivity index (χ2n) is 13.9. The molecule has 0 spiro atoms. The molecule has 0 aliphatic heterocycles. The number of carbonyl (C=O) groups is 4. The quantitative estimate of drug-likeness (QED) is 0.0489. The van der Waals surface area contributed by atoms with Crippen LogP contribution < -0.4 is 0 Å². The molecular formula is C40H74O8. The molecule has 2 N–H and O–H groups in total. The second-order valence-corrected chi connectivity index (χ2v) is 13.9. The van der Waals surface area contributed by atoms with Gasteiger partial charge in [-0.1, -0.05) is 194 Å². The fourth-order valence-electron chi connectivity index (χ4n) is 6.17. The van der Waals surface area contributed by atoms with Gasteiger partial charge in [0.25, 0.3) is 0 Å². The summed E-state index contributed by atoms with van der Waals surface area (Å²) in [6, 6.07) is 0. The number of hydrogen-bond acceptors (Lipinski definition) is 6. The van der Waals surface area contributed by atoms with Crippen LogP contribution in [-0.4, -0.2) is 46.3 Å². The van der Waals surface area contributed by atoms with Crippen LogP contribution in [0.5, 0.6) is 0 Å². The molecule has 2 unspecified atom stereocenters. The summed E-state index contributed by atoms with van der Waals surface area (Å²) < 4.78 is 9.98. The zero-order chi connectivity index (χ0) is 35.5. The molecule has 0 radical (unpaired) electrons. The summed E-state index contributed by atoms with van der Waals surface area (Å²) >= 11 is 0. The van der Waals surface area contributed by atoms with Gasteiger partial charge in [0.1, 0.15) is 0 Å². The molecule has 48 heavy (non-hydrogen) atoms. The molecule has 0 fully saturated rings. The molecule has 0 rings (SSSR count). The van der Waals surface area contributed by atoms with E-state index in [0.29, 0.717) is 12.8 Å². The molecule has 0 saturated heterocycles. The van der Waals surface area contributed by atoms with Gasteiger partial charge in [-0.15, -0.1) is 0 Å². The predicted octanol–water partition coefficient (Wildman–Crippen LogP) is 11.5. The van der Waals surface area contributed by atoms with Crippen molar-refractivity contribution in [2.75, 3.05) is 0 Å². The second kappa shape index (κ2) is 34.7. The molecule has 0 aromatic carbocycles. The molecule has 0 aliphatic carbocycles. The minimum Gasteiger partial charge on any atom is -0.478 e. The predicted molar refractivity (Wildman–Crippen MR) is 194 cm³/mol. The van der Waals surface area contributed by atoms with Gasteiger partial charge in [0.2, 0.25) is 12.2 Å². The maximum Gasteiger partial charge on any atom is 0.349 e. The lowest BCUT2D eigenvalue weighted by atomic mass is 10.0. The Kier molecular flexibility index (Phi) is 33.2. The summed E-state index contributed by atoms with van der Waals surface area (Å²) in [7, 11) is 0. The van der Waals surface area contributed by atoms with Crippen molar-refractivity contribution in [2.24, 2.45) is 0 Å². The van der Waals surface area contributed by atoms with Crippen LogP contribution in [0.2, 0.25) is 0 Å². The van der Waals surface area contributed by atoms with Gasteiger partial charge >= 0.3 is 23.9 Å². The van der Waals surface area contributed by atoms with Crippen LogP contribution in [0.15, 0.2) is 0 Å². The van der Waals surface area contributed by atoms with E-state index in [4.69, 9.17) is 9.47 Å². The molecule has 0 bridgehead atoms. The van der Waals surface area contributed by atoms with Crippen LogP contribution >= 0.6 is 0 Å². The highest BCUT2D eigenvalue weighted by Crippen LogP contribution is 2.17. The number of esters is 2. The first-order valence-electron chi connectivity index (χ1n) is 20.2. The van der Waals surface area contributed by atoms with Gasteiger partial charge in [-0.3, -0.25) is 9.59 Å². The Hall–Kier alpha value is -2.12. The molecule has 0 saturated carbocycles. The van der Waals surface area contributed by atoms with Crippen molar-refractivity contribution < 1.29 is 38.9 Å². The molecule has 8 nitrogen and oxygen atoms in total. The van der Waals surface area contributed by atoms with Gasteiger partial charge in [-0.2, -0.15) is 0 Å². The number of aliphatic carboxylic acids is 2. The van der Waals surface area contributed by atoms with E-state index in [9.17, 15) is 29.4 Å². The van der Waals surface area contributed by atoms with E-state index < -0.39 is 36.1 Å². The van der Waals surface area contributed by atoms with Crippen molar-refractivity contribution in [3.8, 4) is 0 Å². The van der Waals surface area contributed by atoms with Gasteiger partial charge < -0.3 is 19.7 Å². The van der Waals surface area contributed by atoms with Crippen LogP contribution in [-0.2, 0) is 28.7 Å². The maximum absolute atomic E-state index is 12.3. The average molecular weight is 683 g/mol. The van der Waals surface area contributed by atoms with Crippen LogP contribution in [0.25, 0.3) is 0 Å². The number of ether oxygens (including phenoxy) is 2. The smallest absolute Gasteiger partial charge is 0.349 e. The maximum atomic E-state index is 12.3. The summed E-state index contributed by atoms with van der Waals surface area (Å²) in [5.74, 6) is -4.87. The summed E-state index contributed by atoms with van der Waals surface area (Å²) in [6.07, 6.45) is 31.5. The van der Waals surface area contributed by atoms with E-state index in [0.717, 1.165) is 38.5 Å². The molecule has 0 aromatic heterocycles. The number of rotatable bonds is 37. The highest BCUT2D eigenvalue weighted by molar-refractivity contribution is 5.87. The highest BCUT2D eigenvalue weighted by atomic mass is 16.6. The minimum absolute atomic E-state index is 0.00144. The molecule has 0 amide bonds. The lowest BCUT2D eigenvalue weighted by Gasteiger charge is -2.21. The minimum atomic E-state index is -2.07. The van der Waals surface area contributed by atoms with Crippen molar-refractivity contribution >= 4 is 23.9 Å². The number of carboxylic acids is 2. The van der Waals surface area contributed by atoms with Crippen LogP contribution in [0.3, 0.4) is 0 Å². The van der Waals surface area contributed by atoms with Crippen molar-refractivity contribution in [1.82, 2.24) is 0 Å². The van der Waals surface area contributed by atoms with Gasteiger partial charge in [-0.05, 0) is 12.8 Å². The molecule has 2 atom stereocenters. The third-order valence-corrected chi connectivity index (χ3v) is 9.25. The molecule has 0 aromatic rings. The monoisotopic (exact) mass is 683 g/mol. The number of carboxylic acid groups (broad SMARTS) is 2. The standard InChI is InChI=1S/C40H74O8/c1-3-5-7-9-11-13-15-17-19-21-23-25-27-29-31-33-35(41)47-37(39(43)44)38(40(45)46)48-36(42)34-32-30-28-26-24-22-20-18-16-14-12-10-8-6-4-2/h37-38H,3-34H2,1-2H3,(H,43,44)(H,45,46). The Balaban J connectivity index is 3.99. The third kappa shape index (κ3) is 30.0. The Morgan fingerprint density at radius 3 is 0.729 bits per heavy atom. The first-order chi connectivity index (χ1) is 23.3. The lowest BCUT2D eigenvalue weighted by molar-refractivity contribution is -0.187. The van der Waals surface area contributed by atoms with E-state index in [-0.39, 0.29) is 12.8 Å². The van der Waals surface area contributed by atoms with Crippen LogP contribution in [0.4, 0.5) is 0 Å². The number of hydrogen-bond donors (Lipinski definition) is 2. The van der Waals surface area contributed by atoms with E-state index in [1.54, 1.807) is 0 Å². The van der Waals surface area contributed by atoms with E-state index >= 15 is 0 Å². The largest absolute Gasteiger partial charge is 0.478 e. The van der Waals surface area contributed by atoms with Crippen molar-refractivity contribution in [3.63, 3.8) is 0 Å². The summed E-state index contributed by atoms with van der Waals surface area (Å²) in [4.78, 5) is 48.1. The summed E-state index contributed by atoms with van der Waals surface area (Å²) in [5, 5.41) is 19.1. The van der Waals surface area contributed by atoms with Crippen molar-refractivity contribution in [1.29, 1.82) is 0 Å². The van der Waals surface area contributed by atoms with E-state index in [1.165, 1.54) is 141 Å². The lowest BCUT2D eigenvalue weighted by Crippen LogP contribution is -2.45. The fourth-order valence-corrected chi connectivity index (χ4v) is 6.17. The van der Waals surface area contributed by atoms with Gasteiger partial charge in [-0.25, -0.2) is 9.59 Å². The van der Waals surface area contributed by atoms with Gasteiger partial charge in [0, 0.05) is 12.8 Å². The highest BCUT2D eigenvalue weighted by Gasteiger charge is 2.40. The van der Waals surface area contributed by atoms with Gasteiger partial charge in [0.15, 0.2) is 0 Å². The Bertz CT molecular complexity index is 719. The third-order valence-electron chi connectivity index (χ3n) is 9.25.